The van der Waals surface area contributed by atoms with Gasteiger partial charge in [-0.3, -0.25) is 0 Å². The first-order valence-corrected chi connectivity index (χ1v) is 6.21. The smallest absolute Gasteiger partial charge is 0.101 e. The molecule has 19 heavy (non-hydrogen) atoms. The minimum Gasteiger partial charge on any atom is -0.396 e. The van der Waals surface area contributed by atoms with Gasteiger partial charge >= 0.3 is 0 Å². The van der Waals surface area contributed by atoms with E-state index in [1.54, 1.807) is 26.0 Å². The fraction of sp³-hybridized carbons (Fsp3) is 0.462. The first-order chi connectivity index (χ1) is 8.84. The molecule has 1 aromatic rings. The predicted molar refractivity (Wildman–Crippen MR) is 74.7 cm³/mol. The van der Waals surface area contributed by atoms with Gasteiger partial charge in [0.25, 0.3) is 0 Å². The first-order valence-electron chi connectivity index (χ1n) is 5.83. The number of aliphatic hydroxyl groups excluding tert-OH is 2. The third-order valence-electron chi connectivity index (χ3n) is 2.82. The summed E-state index contributed by atoms with van der Waals surface area (Å²) in [6.45, 7) is 3.34. The number of nitrogens with zero attached hydrogens (tertiary/aromatic N) is 1. The molecule has 1 unspecified atom stereocenters. The van der Waals surface area contributed by atoms with E-state index in [9.17, 15) is 10.2 Å². The molecule has 0 amide bonds. The highest BCUT2D eigenvalue weighted by Gasteiger charge is 2.23. The molecule has 5 nitrogen and oxygen atoms in total. The summed E-state index contributed by atoms with van der Waals surface area (Å²) in [4.78, 5) is 0. The lowest BCUT2D eigenvalue weighted by molar-refractivity contribution is 0.150. The SMILES string of the molecule is CC(C)(CO)NC(CO)c1cc(Cl)c(N)c(C#N)c1. The van der Waals surface area contributed by atoms with Gasteiger partial charge in [-0.05, 0) is 31.5 Å². The number of benzene rings is 1. The van der Waals surface area contributed by atoms with Gasteiger partial charge in [0.15, 0.2) is 0 Å². The average Bonchev–Trinajstić information content (AvgIpc) is 2.39. The zero-order valence-electron chi connectivity index (χ0n) is 10.9. The molecule has 1 rings (SSSR count). The summed E-state index contributed by atoms with van der Waals surface area (Å²) >= 11 is 5.97. The van der Waals surface area contributed by atoms with Crippen LogP contribution in [0.3, 0.4) is 0 Å². The second kappa shape index (κ2) is 6.22. The highest BCUT2D eigenvalue weighted by molar-refractivity contribution is 6.33. The van der Waals surface area contributed by atoms with Crippen molar-refractivity contribution in [2.24, 2.45) is 0 Å². The van der Waals surface area contributed by atoms with E-state index < -0.39 is 11.6 Å². The third kappa shape index (κ3) is 3.82. The maximum Gasteiger partial charge on any atom is 0.101 e. The van der Waals surface area contributed by atoms with Crippen molar-refractivity contribution in [1.29, 1.82) is 5.26 Å². The van der Waals surface area contributed by atoms with E-state index >= 15 is 0 Å². The Hall–Kier alpha value is -1.32. The van der Waals surface area contributed by atoms with Crippen LogP contribution < -0.4 is 11.1 Å². The molecule has 0 aromatic heterocycles. The summed E-state index contributed by atoms with van der Waals surface area (Å²) in [6, 6.07) is 4.72. The Morgan fingerprint density at radius 1 is 1.47 bits per heavy atom. The third-order valence-corrected chi connectivity index (χ3v) is 3.13. The molecule has 0 aliphatic carbocycles. The van der Waals surface area contributed by atoms with Crippen LogP contribution in [0.5, 0.6) is 0 Å². The molecule has 0 heterocycles. The largest absolute Gasteiger partial charge is 0.396 e. The Kier molecular flexibility index (Phi) is 5.15. The molecule has 0 aliphatic rings. The van der Waals surface area contributed by atoms with Gasteiger partial charge < -0.3 is 21.3 Å². The van der Waals surface area contributed by atoms with Crippen molar-refractivity contribution >= 4 is 17.3 Å². The Bertz CT molecular complexity index is 497. The Balaban J connectivity index is 3.13. The van der Waals surface area contributed by atoms with Gasteiger partial charge in [0, 0.05) is 5.54 Å². The number of rotatable bonds is 5. The zero-order chi connectivity index (χ0) is 14.6. The van der Waals surface area contributed by atoms with E-state index in [1.807, 2.05) is 6.07 Å². The molecular weight excluding hydrogens is 266 g/mol. The molecular formula is C13H18ClN3O2. The topological polar surface area (TPSA) is 102 Å². The van der Waals surface area contributed by atoms with Crippen molar-refractivity contribution in [2.45, 2.75) is 25.4 Å². The molecule has 104 valence electrons. The lowest BCUT2D eigenvalue weighted by atomic mass is 9.99. The number of anilines is 1. The van der Waals surface area contributed by atoms with Gasteiger partial charge in [0.1, 0.15) is 6.07 Å². The van der Waals surface area contributed by atoms with Gasteiger partial charge in [-0.1, -0.05) is 11.6 Å². The van der Waals surface area contributed by atoms with E-state index in [0.717, 1.165) is 0 Å². The first kappa shape index (κ1) is 15.7. The summed E-state index contributed by atoms with van der Waals surface area (Å²) in [6.07, 6.45) is 0. The second-order valence-electron chi connectivity index (χ2n) is 5.00. The van der Waals surface area contributed by atoms with Crippen LogP contribution in [0.4, 0.5) is 5.69 Å². The quantitative estimate of drug-likeness (QED) is 0.608. The van der Waals surface area contributed by atoms with Gasteiger partial charge in [-0.25, -0.2) is 0 Å². The van der Waals surface area contributed by atoms with Crippen LogP contribution in [0.2, 0.25) is 5.02 Å². The van der Waals surface area contributed by atoms with Crippen LogP contribution in [0, 0.1) is 11.3 Å². The molecule has 0 fully saturated rings. The van der Waals surface area contributed by atoms with Crippen molar-refractivity contribution in [3.05, 3.63) is 28.3 Å². The number of hydrogen-bond donors (Lipinski definition) is 4. The van der Waals surface area contributed by atoms with Crippen LogP contribution in [0.15, 0.2) is 12.1 Å². The van der Waals surface area contributed by atoms with Crippen LogP contribution in [-0.4, -0.2) is 29.0 Å². The van der Waals surface area contributed by atoms with Gasteiger partial charge in [0.2, 0.25) is 0 Å². The van der Waals surface area contributed by atoms with Crippen LogP contribution in [0.25, 0.3) is 0 Å². The Morgan fingerprint density at radius 3 is 2.58 bits per heavy atom. The molecule has 1 aromatic carbocycles. The summed E-state index contributed by atoms with van der Waals surface area (Å²) in [7, 11) is 0. The lowest BCUT2D eigenvalue weighted by Crippen LogP contribution is -2.45. The van der Waals surface area contributed by atoms with Gasteiger partial charge in [-0.2, -0.15) is 5.26 Å². The number of nitrogen functional groups attached to an aromatic ring is 1. The van der Waals surface area contributed by atoms with Crippen LogP contribution in [-0.2, 0) is 0 Å². The molecule has 0 saturated carbocycles. The number of nitriles is 1. The van der Waals surface area contributed by atoms with Crippen LogP contribution >= 0.6 is 11.6 Å². The maximum absolute atomic E-state index is 9.46. The van der Waals surface area contributed by atoms with Crippen LogP contribution in [0.1, 0.15) is 31.0 Å². The summed E-state index contributed by atoms with van der Waals surface area (Å²) in [5.74, 6) is 0. The highest BCUT2D eigenvalue weighted by Crippen LogP contribution is 2.28. The monoisotopic (exact) mass is 283 g/mol. The summed E-state index contributed by atoms with van der Waals surface area (Å²) < 4.78 is 0. The lowest BCUT2D eigenvalue weighted by Gasteiger charge is -2.29. The average molecular weight is 284 g/mol. The standard InChI is InChI=1S/C13H18ClN3O2/c1-13(2,7-19)17-11(6-18)8-3-9(5-15)12(16)10(14)4-8/h3-4,11,17-19H,6-7,16H2,1-2H3. The van der Waals surface area contributed by atoms with Gasteiger partial charge in [-0.15, -0.1) is 0 Å². The molecule has 0 aliphatic heterocycles. The minimum absolute atomic E-state index is 0.0860. The number of aliphatic hydroxyl groups is 2. The van der Waals surface area contributed by atoms with Crippen molar-refractivity contribution in [3.8, 4) is 6.07 Å². The number of halogens is 1. The Morgan fingerprint density at radius 2 is 2.11 bits per heavy atom. The molecule has 0 spiro atoms. The number of hydrogen-bond acceptors (Lipinski definition) is 5. The van der Waals surface area contributed by atoms with Crippen molar-refractivity contribution in [2.75, 3.05) is 18.9 Å². The molecule has 0 saturated heterocycles. The zero-order valence-corrected chi connectivity index (χ0v) is 11.7. The summed E-state index contributed by atoms with van der Waals surface area (Å²) in [5, 5.41) is 31.1. The molecule has 0 radical (unpaired) electrons. The van der Waals surface area contributed by atoms with E-state index in [1.165, 1.54) is 0 Å². The van der Waals surface area contributed by atoms with Gasteiger partial charge in [0.05, 0.1) is 35.5 Å². The Labute approximate surface area is 117 Å². The van der Waals surface area contributed by atoms with Crippen molar-refractivity contribution in [3.63, 3.8) is 0 Å². The molecule has 0 bridgehead atoms. The summed E-state index contributed by atoms with van der Waals surface area (Å²) in [5.41, 5.74) is 6.27. The fourth-order valence-electron chi connectivity index (χ4n) is 1.68. The van der Waals surface area contributed by atoms with E-state index in [-0.39, 0.29) is 29.5 Å². The number of nitrogens with one attached hydrogen (secondary N) is 1. The molecule has 5 N–H and O–H groups in total. The second-order valence-corrected chi connectivity index (χ2v) is 5.40. The predicted octanol–water partition coefficient (Wildman–Crippen LogP) is 1.19. The van der Waals surface area contributed by atoms with E-state index in [2.05, 4.69) is 5.32 Å². The maximum atomic E-state index is 9.46. The number of nitrogens with two attached hydrogens (primary N) is 1. The highest BCUT2D eigenvalue weighted by atomic mass is 35.5. The minimum atomic E-state index is -0.561. The fourth-order valence-corrected chi connectivity index (χ4v) is 1.91. The van der Waals surface area contributed by atoms with Crippen molar-refractivity contribution in [1.82, 2.24) is 5.32 Å². The van der Waals surface area contributed by atoms with E-state index in [4.69, 9.17) is 22.6 Å². The molecule has 1 atom stereocenters. The van der Waals surface area contributed by atoms with Crippen molar-refractivity contribution < 1.29 is 10.2 Å². The van der Waals surface area contributed by atoms with E-state index in [0.29, 0.717) is 5.56 Å². The molecule has 6 heteroatoms. The normalized spacial score (nSPS) is 13.1.